The van der Waals surface area contributed by atoms with Gasteiger partial charge in [0.15, 0.2) is 5.75 Å². The van der Waals surface area contributed by atoms with E-state index in [0.29, 0.717) is 0 Å². The Morgan fingerprint density at radius 2 is 2.16 bits per heavy atom. The number of nitro groups is 1. The minimum Gasteiger partial charge on any atom is -0.490 e. The van der Waals surface area contributed by atoms with Gasteiger partial charge in [-0.05, 0) is 11.6 Å². The van der Waals surface area contributed by atoms with E-state index >= 15 is 0 Å². The Bertz CT molecular complexity index is 459. The van der Waals surface area contributed by atoms with Crippen LogP contribution in [0.1, 0.15) is 11.6 Å². The summed E-state index contributed by atoms with van der Waals surface area (Å²) in [6.07, 6.45) is 0. The molecule has 1 aromatic carbocycles. The van der Waals surface area contributed by atoms with Gasteiger partial charge < -0.3 is 15.6 Å². The predicted octanol–water partition coefficient (Wildman–Crippen LogP) is 1.65. The van der Waals surface area contributed by atoms with Gasteiger partial charge in [0.05, 0.1) is 18.1 Å². The molecule has 9 heteroatoms. The number of nitrogens with two attached hydrogens (primary N) is 1. The normalized spacial score (nSPS) is 12.5. The van der Waals surface area contributed by atoms with Crippen LogP contribution in [-0.4, -0.2) is 29.7 Å². The number of aliphatic hydroxyl groups is 1. The Kier molecular flexibility index (Phi) is 6.07. The summed E-state index contributed by atoms with van der Waals surface area (Å²) in [6.45, 7) is -1.44. The van der Waals surface area contributed by atoms with Gasteiger partial charge >= 0.3 is 5.69 Å². The maximum Gasteiger partial charge on any atom is 0.311 e. The number of aliphatic hydroxyl groups excluding tert-OH is 1. The molecule has 0 aliphatic carbocycles. The minimum absolute atomic E-state index is 0. The topological polar surface area (TPSA) is 98.6 Å². The van der Waals surface area contributed by atoms with E-state index < -0.39 is 29.2 Å². The fourth-order valence-corrected chi connectivity index (χ4v) is 1.39. The fraction of sp³-hybridized carbons (Fsp3) is 0.400. The maximum atomic E-state index is 13.2. The fourth-order valence-electron chi connectivity index (χ4n) is 1.39. The van der Waals surface area contributed by atoms with Crippen molar-refractivity contribution < 1.29 is 23.5 Å². The molecule has 0 heterocycles. The Morgan fingerprint density at radius 3 is 2.58 bits per heavy atom. The van der Waals surface area contributed by atoms with Crippen LogP contribution in [0.5, 0.6) is 5.75 Å². The summed E-state index contributed by atoms with van der Waals surface area (Å²) >= 11 is 0. The van der Waals surface area contributed by atoms with E-state index in [9.17, 15) is 18.9 Å². The molecular weight excluding hydrogens is 286 g/mol. The average molecular weight is 299 g/mol. The van der Waals surface area contributed by atoms with E-state index in [1.165, 1.54) is 19.2 Å². The summed E-state index contributed by atoms with van der Waals surface area (Å²) < 4.78 is 31.1. The highest BCUT2D eigenvalue weighted by molar-refractivity contribution is 5.85. The molecule has 0 aliphatic rings. The first-order chi connectivity index (χ1) is 8.33. The van der Waals surface area contributed by atoms with Crippen LogP contribution < -0.4 is 10.5 Å². The lowest BCUT2D eigenvalue weighted by Crippen LogP contribution is -2.36. The number of nitro benzene ring substituents is 1. The molecule has 0 aliphatic heterocycles. The van der Waals surface area contributed by atoms with Crippen LogP contribution >= 0.6 is 12.4 Å². The number of rotatable bonds is 5. The smallest absolute Gasteiger partial charge is 0.311 e. The number of alkyl halides is 2. The van der Waals surface area contributed by atoms with Gasteiger partial charge in [0.25, 0.3) is 5.92 Å². The molecule has 19 heavy (non-hydrogen) atoms. The van der Waals surface area contributed by atoms with Gasteiger partial charge in [0, 0.05) is 6.07 Å². The van der Waals surface area contributed by atoms with Crippen molar-refractivity contribution in [1.82, 2.24) is 0 Å². The SMILES string of the molecule is COc1ccc([C@H](N)C(F)(F)CO)cc1[N+](=O)[O-].Cl. The Hall–Kier alpha value is -1.51. The lowest BCUT2D eigenvalue weighted by atomic mass is 10.0. The molecule has 1 aromatic rings. The Labute approximate surface area is 113 Å². The molecule has 0 radical (unpaired) electrons. The monoisotopic (exact) mass is 298 g/mol. The quantitative estimate of drug-likeness (QED) is 0.636. The summed E-state index contributed by atoms with van der Waals surface area (Å²) in [5.74, 6) is -3.61. The van der Waals surface area contributed by atoms with E-state index in [-0.39, 0.29) is 23.7 Å². The first-order valence-electron chi connectivity index (χ1n) is 4.90. The van der Waals surface area contributed by atoms with Crippen molar-refractivity contribution in [3.8, 4) is 5.75 Å². The number of ether oxygens (including phenoxy) is 1. The van der Waals surface area contributed by atoms with Crippen LogP contribution in [0.25, 0.3) is 0 Å². The van der Waals surface area contributed by atoms with E-state index in [0.717, 1.165) is 6.07 Å². The van der Waals surface area contributed by atoms with Crippen molar-refractivity contribution in [2.45, 2.75) is 12.0 Å². The summed E-state index contributed by atoms with van der Waals surface area (Å²) in [6, 6.07) is 1.46. The predicted molar refractivity (Wildman–Crippen MR) is 65.9 cm³/mol. The van der Waals surface area contributed by atoms with Crippen molar-refractivity contribution >= 4 is 18.1 Å². The molecule has 108 valence electrons. The Balaban J connectivity index is 0.00000324. The second kappa shape index (κ2) is 6.60. The number of hydrogen-bond donors (Lipinski definition) is 2. The van der Waals surface area contributed by atoms with Crippen LogP contribution in [0.15, 0.2) is 18.2 Å². The van der Waals surface area contributed by atoms with Gasteiger partial charge in [-0.2, -0.15) is 0 Å². The summed E-state index contributed by atoms with van der Waals surface area (Å²) in [5, 5.41) is 19.2. The average Bonchev–Trinajstić information content (AvgIpc) is 2.36. The standard InChI is InChI=1S/C10H12F2N2O4.ClH/c1-18-8-3-2-6(4-7(8)14(16)17)9(13)10(11,12)5-15;/h2-4,9,15H,5,13H2,1H3;1H/t9-;/m0./s1. The van der Waals surface area contributed by atoms with E-state index in [1.54, 1.807) is 0 Å². The molecule has 0 unspecified atom stereocenters. The largest absolute Gasteiger partial charge is 0.490 e. The third-order valence-corrected chi connectivity index (χ3v) is 2.42. The highest BCUT2D eigenvalue weighted by Gasteiger charge is 2.38. The zero-order chi connectivity index (χ0) is 13.9. The van der Waals surface area contributed by atoms with Crippen molar-refractivity contribution in [3.05, 3.63) is 33.9 Å². The second-order valence-corrected chi connectivity index (χ2v) is 3.59. The van der Waals surface area contributed by atoms with Gasteiger partial charge in [0.2, 0.25) is 0 Å². The molecule has 3 N–H and O–H groups in total. The Morgan fingerprint density at radius 1 is 1.58 bits per heavy atom. The number of hydrogen-bond acceptors (Lipinski definition) is 5. The third-order valence-electron chi connectivity index (χ3n) is 2.42. The molecule has 0 spiro atoms. The molecule has 0 fully saturated rings. The minimum atomic E-state index is -3.55. The van der Waals surface area contributed by atoms with Gasteiger partial charge in [-0.1, -0.05) is 6.07 Å². The van der Waals surface area contributed by atoms with Crippen molar-refractivity contribution in [2.24, 2.45) is 5.73 Å². The number of benzene rings is 1. The van der Waals surface area contributed by atoms with Gasteiger partial charge in [-0.3, -0.25) is 10.1 Å². The molecule has 0 bridgehead atoms. The number of nitrogens with zero attached hydrogens (tertiary/aromatic N) is 1. The number of methoxy groups -OCH3 is 1. The molecule has 1 rings (SSSR count). The lowest BCUT2D eigenvalue weighted by Gasteiger charge is -2.21. The highest BCUT2D eigenvalue weighted by Crippen LogP contribution is 2.34. The summed E-state index contributed by atoms with van der Waals surface area (Å²) in [5.41, 5.74) is 4.66. The van der Waals surface area contributed by atoms with E-state index in [4.69, 9.17) is 15.6 Å². The third kappa shape index (κ3) is 3.72. The van der Waals surface area contributed by atoms with Crippen molar-refractivity contribution in [2.75, 3.05) is 13.7 Å². The maximum absolute atomic E-state index is 13.2. The first kappa shape index (κ1) is 17.5. The number of halogens is 3. The van der Waals surface area contributed by atoms with Crippen molar-refractivity contribution in [1.29, 1.82) is 0 Å². The van der Waals surface area contributed by atoms with E-state index in [2.05, 4.69) is 0 Å². The summed E-state index contributed by atoms with van der Waals surface area (Å²) in [7, 11) is 1.23. The lowest BCUT2D eigenvalue weighted by molar-refractivity contribution is -0.385. The molecule has 0 amide bonds. The molecular formula is C10H13ClF2N2O4. The van der Waals surface area contributed by atoms with Gasteiger partial charge in [-0.25, -0.2) is 8.78 Å². The van der Waals surface area contributed by atoms with Crippen LogP contribution in [0, 0.1) is 10.1 Å². The van der Waals surface area contributed by atoms with Gasteiger partial charge in [-0.15, -0.1) is 12.4 Å². The first-order valence-corrected chi connectivity index (χ1v) is 4.90. The highest BCUT2D eigenvalue weighted by atomic mass is 35.5. The van der Waals surface area contributed by atoms with Crippen LogP contribution in [0.3, 0.4) is 0 Å². The van der Waals surface area contributed by atoms with Gasteiger partial charge in [0.1, 0.15) is 6.61 Å². The van der Waals surface area contributed by atoms with Crippen LogP contribution in [0.2, 0.25) is 0 Å². The molecule has 1 atom stereocenters. The summed E-state index contributed by atoms with van der Waals surface area (Å²) in [4.78, 5) is 9.96. The zero-order valence-electron chi connectivity index (χ0n) is 9.88. The second-order valence-electron chi connectivity index (χ2n) is 3.59. The van der Waals surface area contributed by atoms with Crippen LogP contribution in [-0.2, 0) is 0 Å². The van der Waals surface area contributed by atoms with E-state index in [1.807, 2.05) is 0 Å². The molecule has 0 saturated carbocycles. The van der Waals surface area contributed by atoms with Crippen LogP contribution in [0.4, 0.5) is 14.5 Å². The molecule has 6 nitrogen and oxygen atoms in total. The molecule has 0 saturated heterocycles. The van der Waals surface area contributed by atoms with Crippen molar-refractivity contribution in [3.63, 3.8) is 0 Å². The zero-order valence-corrected chi connectivity index (χ0v) is 10.7. The molecule has 0 aromatic heterocycles.